The van der Waals surface area contributed by atoms with Crippen LogP contribution in [0.25, 0.3) is 0 Å². The van der Waals surface area contributed by atoms with E-state index in [9.17, 15) is 0 Å². The van der Waals surface area contributed by atoms with Crippen LogP contribution in [-0.4, -0.2) is 6.26 Å². The summed E-state index contributed by atoms with van der Waals surface area (Å²) in [4.78, 5) is 0. The number of benzene rings is 1. The Hall–Kier alpha value is -0.430. The van der Waals surface area contributed by atoms with Crippen LogP contribution in [0.1, 0.15) is 71.3 Å². The lowest BCUT2D eigenvalue weighted by molar-refractivity contribution is 0.199. The van der Waals surface area contributed by atoms with Gasteiger partial charge < -0.3 is 0 Å². The first-order valence-electron chi connectivity index (χ1n) is 8.25. The first kappa shape index (κ1) is 19.6. The second kappa shape index (κ2) is 12.3. The predicted octanol–water partition coefficient (Wildman–Crippen LogP) is 6.55. The normalized spacial score (nSPS) is 10.8. The summed E-state index contributed by atoms with van der Waals surface area (Å²) >= 11 is 3.53. The first-order chi connectivity index (χ1) is 9.76. The van der Waals surface area contributed by atoms with E-state index in [-0.39, 0.29) is 0 Å². The number of rotatable bonds is 9. The fourth-order valence-corrected chi connectivity index (χ4v) is 3.28. The van der Waals surface area contributed by atoms with Crippen molar-refractivity contribution in [2.45, 2.75) is 72.1 Å². The van der Waals surface area contributed by atoms with Gasteiger partial charge in [-0.25, -0.2) is 0 Å². The second-order valence-corrected chi connectivity index (χ2v) is 5.69. The number of aryl methyl sites for hydroxylation is 1. The predicted molar refractivity (Wildman–Crippen MR) is 96.8 cm³/mol. The van der Waals surface area contributed by atoms with E-state index in [1.807, 2.05) is 0 Å². The maximum atomic E-state index is 3.53. The molecule has 0 saturated heterocycles. The van der Waals surface area contributed by atoms with Crippen LogP contribution in [0.2, 0.25) is 0 Å². The molecule has 0 atom stereocenters. The van der Waals surface area contributed by atoms with Crippen LogP contribution in [0.15, 0.2) is 30.3 Å². The molecule has 1 rings (SSSR count). The van der Waals surface area contributed by atoms with E-state index >= 15 is 0 Å². The molecule has 0 N–H and O–H groups in total. The van der Waals surface area contributed by atoms with Crippen LogP contribution in [0, 0.1) is 5.41 Å². The molecule has 20 heavy (non-hydrogen) atoms. The molecule has 0 heterocycles. The smallest absolute Gasteiger partial charge is 0.0215 e. The van der Waals surface area contributed by atoms with Gasteiger partial charge in [0.2, 0.25) is 0 Å². The van der Waals surface area contributed by atoms with Gasteiger partial charge in [-0.05, 0) is 49.3 Å². The van der Waals surface area contributed by atoms with Crippen molar-refractivity contribution in [3.8, 4) is 0 Å². The average Bonchev–Trinajstić information content (AvgIpc) is 2.51. The average molecular weight is 295 g/mol. The van der Waals surface area contributed by atoms with Crippen molar-refractivity contribution < 1.29 is 0 Å². The standard InChI is InChI=1S/C18H30.CH4S/c1-4-14-18(6-3,15-5-2)16-10-13-17-11-8-7-9-12-17;1-2/h7-9,11-12H,4-6,10,13-16H2,1-3H3;2H,1H3. The minimum Gasteiger partial charge on any atom is -0.183 e. The van der Waals surface area contributed by atoms with E-state index in [1.54, 1.807) is 6.26 Å². The molecule has 0 unspecified atom stereocenters. The summed E-state index contributed by atoms with van der Waals surface area (Å²) in [7, 11) is 0. The third kappa shape index (κ3) is 7.38. The summed E-state index contributed by atoms with van der Waals surface area (Å²) in [5, 5.41) is 0. The zero-order valence-corrected chi connectivity index (χ0v) is 14.9. The Morgan fingerprint density at radius 3 is 1.85 bits per heavy atom. The summed E-state index contributed by atoms with van der Waals surface area (Å²) in [6.07, 6.45) is 12.5. The number of hydrogen-bond donors (Lipinski definition) is 1. The van der Waals surface area contributed by atoms with Gasteiger partial charge in [0.05, 0.1) is 0 Å². The molecule has 116 valence electrons. The van der Waals surface area contributed by atoms with E-state index in [4.69, 9.17) is 0 Å². The fraction of sp³-hybridized carbons (Fsp3) is 0.684. The van der Waals surface area contributed by atoms with Crippen molar-refractivity contribution in [1.29, 1.82) is 0 Å². The van der Waals surface area contributed by atoms with E-state index in [0.29, 0.717) is 5.41 Å². The topological polar surface area (TPSA) is 0 Å². The van der Waals surface area contributed by atoms with Gasteiger partial charge in [0.1, 0.15) is 0 Å². The monoisotopic (exact) mass is 294 g/mol. The van der Waals surface area contributed by atoms with Crippen molar-refractivity contribution in [1.82, 2.24) is 0 Å². The summed E-state index contributed by atoms with van der Waals surface area (Å²) in [6, 6.07) is 10.9. The Bertz CT molecular complexity index is 299. The Labute approximate surface area is 132 Å². The third-order valence-electron chi connectivity index (χ3n) is 4.33. The zero-order chi connectivity index (χ0) is 15.3. The van der Waals surface area contributed by atoms with E-state index in [2.05, 4.69) is 63.7 Å². The summed E-state index contributed by atoms with van der Waals surface area (Å²) < 4.78 is 0. The summed E-state index contributed by atoms with van der Waals surface area (Å²) in [6.45, 7) is 7.04. The van der Waals surface area contributed by atoms with Crippen molar-refractivity contribution in [3.05, 3.63) is 35.9 Å². The van der Waals surface area contributed by atoms with Gasteiger partial charge in [-0.15, -0.1) is 0 Å². The third-order valence-corrected chi connectivity index (χ3v) is 4.33. The lowest BCUT2D eigenvalue weighted by Gasteiger charge is -2.32. The van der Waals surface area contributed by atoms with E-state index < -0.39 is 0 Å². The van der Waals surface area contributed by atoms with Gasteiger partial charge >= 0.3 is 0 Å². The van der Waals surface area contributed by atoms with Gasteiger partial charge in [-0.3, -0.25) is 0 Å². The molecule has 0 aliphatic heterocycles. The molecule has 0 aromatic heterocycles. The van der Waals surface area contributed by atoms with Gasteiger partial charge in [-0.2, -0.15) is 12.6 Å². The molecule has 0 saturated carbocycles. The van der Waals surface area contributed by atoms with Crippen LogP contribution < -0.4 is 0 Å². The summed E-state index contributed by atoms with van der Waals surface area (Å²) in [5.74, 6) is 0. The van der Waals surface area contributed by atoms with Crippen LogP contribution in [0.3, 0.4) is 0 Å². The number of thiol groups is 1. The highest BCUT2D eigenvalue weighted by Crippen LogP contribution is 2.38. The van der Waals surface area contributed by atoms with Gasteiger partial charge in [0, 0.05) is 0 Å². The molecule has 1 heteroatoms. The quantitative estimate of drug-likeness (QED) is 0.490. The Morgan fingerprint density at radius 1 is 0.850 bits per heavy atom. The SMILES string of the molecule is CCCC(CC)(CCC)CCCc1ccccc1.CS. The Kier molecular flexibility index (Phi) is 12.1. The highest BCUT2D eigenvalue weighted by atomic mass is 32.1. The number of hydrogen-bond acceptors (Lipinski definition) is 1. The molecule has 0 fully saturated rings. The Balaban J connectivity index is 0.00000172. The van der Waals surface area contributed by atoms with Crippen LogP contribution in [0.4, 0.5) is 0 Å². The zero-order valence-electron chi connectivity index (χ0n) is 14.0. The highest BCUT2D eigenvalue weighted by Gasteiger charge is 2.25. The first-order valence-corrected chi connectivity index (χ1v) is 9.14. The summed E-state index contributed by atoms with van der Waals surface area (Å²) in [5.41, 5.74) is 2.12. The van der Waals surface area contributed by atoms with Gasteiger partial charge in [0.15, 0.2) is 0 Å². The van der Waals surface area contributed by atoms with Crippen molar-refractivity contribution in [2.75, 3.05) is 6.26 Å². The molecule has 1 aromatic carbocycles. The van der Waals surface area contributed by atoms with Crippen molar-refractivity contribution in [3.63, 3.8) is 0 Å². The van der Waals surface area contributed by atoms with E-state index in [0.717, 1.165) is 0 Å². The molecule has 1 aromatic rings. The minimum atomic E-state index is 0.623. The lowest BCUT2D eigenvalue weighted by Crippen LogP contribution is -2.19. The molecule has 0 spiro atoms. The Morgan fingerprint density at radius 2 is 1.40 bits per heavy atom. The molecule has 0 aliphatic rings. The highest BCUT2D eigenvalue weighted by molar-refractivity contribution is 7.79. The molecule has 0 nitrogen and oxygen atoms in total. The minimum absolute atomic E-state index is 0.623. The lowest BCUT2D eigenvalue weighted by atomic mass is 9.73. The van der Waals surface area contributed by atoms with Crippen molar-refractivity contribution in [2.24, 2.45) is 5.41 Å². The van der Waals surface area contributed by atoms with E-state index in [1.165, 1.54) is 56.9 Å². The van der Waals surface area contributed by atoms with Gasteiger partial charge in [-0.1, -0.05) is 70.4 Å². The maximum Gasteiger partial charge on any atom is -0.0215 e. The van der Waals surface area contributed by atoms with Crippen LogP contribution >= 0.6 is 12.6 Å². The molecule has 0 radical (unpaired) electrons. The molecular formula is C19H34S. The van der Waals surface area contributed by atoms with Crippen molar-refractivity contribution >= 4 is 12.6 Å². The largest absolute Gasteiger partial charge is 0.183 e. The molecule has 0 bridgehead atoms. The van der Waals surface area contributed by atoms with Gasteiger partial charge in [0.25, 0.3) is 0 Å². The maximum absolute atomic E-state index is 3.53. The molecule has 0 amide bonds. The molecule has 0 aliphatic carbocycles. The fourth-order valence-electron chi connectivity index (χ4n) is 3.28. The second-order valence-electron chi connectivity index (χ2n) is 5.69. The van der Waals surface area contributed by atoms with Crippen LogP contribution in [-0.2, 0) is 6.42 Å². The van der Waals surface area contributed by atoms with Crippen LogP contribution in [0.5, 0.6) is 0 Å². The molecular weight excluding hydrogens is 260 g/mol.